The molecular formula is C24H35NO7. The third-order valence-corrected chi connectivity index (χ3v) is 6.11. The number of nitrogens with one attached hydrogen (secondary N) is 1. The second kappa shape index (κ2) is 12.0. The van der Waals surface area contributed by atoms with Crippen LogP contribution in [0.4, 0.5) is 0 Å². The van der Waals surface area contributed by atoms with Gasteiger partial charge in [-0.2, -0.15) is 0 Å². The number of hydrogen-bond acceptors (Lipinski definition) is 7. The minimum Gasteiger partial charge on any atom is -0.469 e. The fraction of sp³-hybridized carbons (Fsp3) is 0.625. The highest BCUT2D eigenvalue weighted by molar-refractivity contribution is 5.86. The lowest BCUT2D eigenvalue weighted by Crippen LogP contribution is -2.47. The van der Waals surface area contributed by atoms with E-state index < -0.39 is 23.5 Å². The van der Waals surface area contributed by atoms with E-state index in [0.717, 1.165) is 6.42 Å². The number of esters is 2. The van der Waals surface area contributed by atoms with Gasteiger partial charge in [-0.3, -0.25) is 9.59 Å². The van der Waals surface area contributed by atoms with Crippen LogP contribution in [0.5, 0.6) is 0 Å². The first-order valence-corrected chi connectivity index (χ1v) is 11.1. The highest BCUT2D eigenvalue weighted by Crippen LogP contribution is 2.39. The van der Waals surface area contributed by atoms with Crippen LogP contribution in [0.15, 0.2) is 30.3 Å². The molecule has 32 heavy (non-hydrogen) atoms. The summed E-state index contributed by atoms with van der Waals surface area (Å²) in [7, 11) is 2.64. The maximum Gasteiger partial charge on any atom is 0.333 e. The van der Waals surface area contributed by atoms with Crippen molar-refractivity contribution in [2.45, 2.75) is 70.6 Å². The van der Waals surface area contributed by atoms with E-state index in [1.807, 2.05) is 26.8 Å². The molecule has 8 heteroatoms. The summed E-state index contributed by atoms with van der Waals surface area (Å²) >= 11 is 0. The molecule has 1 aliphatic rings. The molecule has 1 aromatic rings. The van der Waals surface area contributed by atoms with E-state index in [0.29, 0.717) is 24.8 Å². The highest BCUT2D eigenvalue weighted by Gasteiger charge is 2.43. The van der Waals surface area contributed by atoms with Crippen molar-refractivity contribution in [3.8, 4) is 0 Å². The summed E-state index contributed by atoms with van der Waals surface area (Å²) in [5, 5.41) is 2.84. The lowest BCUT2D eigenvalue weighted by molar-refractivity contribution is -0.419. The topological polar surface area (TPSA) is 100 Å². The molecule has 1 aromatic carbocycles. The third-order valence-electron chi connectivity index (χ3n) is 6.11. The summed E-state index contributed by atoms with van der Waals surface area (Å²) in [6, 6.07) is 8.11. The minimum atomic E-state index is -0.882. The molecule has 0 spiro atoms. The van der Waals surface area contributed by atoms with Crippen LogP contribution in [0.25, 0.3) is 0 Å². The number of methoxy groups -OCH3 is 2. The Hall–Kier alpha value is -2.45. The van der Waals surface area contributed by atoms with Crippen molar-refractivity contribution in [3.05, 3.63) is 35.9 Å². The molecule has 1 aliphatic heterocycles. The maximum atomic E-state index is 13.1. The monoisotopic (exact) mass is 449 g/mol. The predicted octanol–water partition coefficient (Wildman–Crippen LogP) is 3.50. The fourth-order valence-electron chi connectivity index (χ4n) is 4.19. The van der Waals surface area contributed by atoms with Crippen LogP contribution >= 0.6 is 0 Å². The van der Waals surface area contributed by atoms with Gasteiger partial charge in [-0.25, -0.2) is 14.6 Å². The van der Waals surface area contributed by atoms with E-state index in [1.165, 1.54) is 14.2 Å². The zero-order chi connectivity index (χ0) is 23.7. The van der Waals surface area contributed by atoms with Crippen molar-refractivity contribution < 1.29 is 33.6 Å². The van der Waals surface area contributed by atoms with E-state index >= 15 is 0 Å². The number of benzene rings is 1. The van der Waals surface area contributed by atoms with Gasteiger partial charge >= 0.3 is 11.9 Å². The first kappa shape index (κ1) is 25.8. The van der Waals surface area contributed by atoms with Crippen molar-refractivity contribution in [3.63, 3.8) is 0 Å². The van der Waals surface area contributed by atoms with Crippen LogP contribution in [0.1, 0.15) is 64.5 Å². The summed E-state index contributed by atoms with van der Waals surface area (Å²) in [6.07, 6.45) is 2.18. The molecule has 1 saturated heterocycles. The van der Waals surface area contributed by atoms with Gasteiger partial charge in [0.05, 0.1) is 20.6 Å². The number of rotatable bonds is 10. The van der Waals surface area contributed by atoms with Crippen molar-refractivity contribution in [1.82, 2.24) is 5.32 Å². The van der Waals surface area contributed by atoms with Crippen LogP contribution in [0.3, 0.4) is 0 Å². The highest BCUT2D eigenvalue weighted by atomic mass is 17.2. The van der Waals surface area contributed by atoms with Gasteiger partial charge in [-0.05, 0) is 37.7 Å². The minimum absolute atomic E-state index is 0.0977. The smallest absolute Gasteiger partial charge is 0.333 e. The molecule has 8 nitrogen and oxygen atoms in total. The average molecular weight is 450 g/mol. The van der Waals surface area contributed by atoms with Gasteiger partial charge in [0.15, 0.2) is 6.04 Å². The summed E-state index contributed by atoms with van der Waals surface area (Å²) in [5.74, 6) is -1.42. The van der Waals surface area contributed by atoms with Crippen molar-refractivity contribution in [2.24, 2.45) is 11.8 Å². The molecule has 1 N–H and O–H groups in total. The number of hydrogen-bond donors (Lipinski definition) is 1. The molecule has 5 atom stereocenters. The van der Waals surface area contributed by atoms with Gasteiger partial charge in [0.1, 0.15) is 11.7 Å². The van der Waals surface area contributed by atoms with E-state index in [9.17, 15) is 14.4 Å². The number of amides is 1. The van der Waals surface area contributed by atoms with Crippen LogP contribution in [0, 0.1) is 11.8 Å². The first-order valence-electron chi connectivity index (χ1n) is 11.1. The Balaban J connectivity index is 2.08. The van der Waals surface area contributed by atoms with Gasteiger partial charge in [0.2, 0.25) is 5.91 Å². The molecule has 0 radical (unpaired) electrons. The summed E-state index contributed by atoms with van der Waals surface area (Å²) in [4.78, 5) is 48.4. The van der Waals surface area contributed by atoms with Crippen molar-refractivity contribution >= 4 is 17.8 Å². The van der Waals surface area contributed by atoms with E-state index in [4.69, 9.17) is 19.2 Å². The van der Waals surface area contributed by atoms with Crippen molar-refractivity contribution in [1.29, 1.82) is 0 Å². The lowest BCUT2D eigenvalue weighted by Gasteiger charge is -2.42. The van der Waals surface area contributed by atoms with Crippen LogP contribution < -0.4 is 5.32 Å². The van der Waals surface area contributed by atoms with Crippen LogP contribution in [-0.4, -0.2) is 43.8 Å². The summed E-state index contributed by atoms with van der Waals surface area (Å²) in [5.41, 5.74) is -0.0403. The Morgan fingerprint density at radius 1 is 1.16 bits per heavy atom. The Bertz CT molecular complexity index is 769. The van der Waals surface area contributed by atoms with E-state index in [2.05, 4.69) is 5.32 Å². The van der Waals surface area contributed by atoms with Gasteiger partial charge in [-0.15, -0.1) is 0 Å². The average Bonchev–Trinajstić information content (AvgIpc) is 2.82. The van der Waals surface area contributed by atoms with E-state index in [-0.39, 0.29) is 30.3 Å². The molecule has 0 bridgehead atoms. The quantitative estimate of drug-likeness (QED) is 0.431. The largest absolute Gasteiger partial charge is 0.469 e. The van der Waals surface area contributed by atoms with Gasteiger partial charge in [0.25, 0.3) is 0 Å². The summed E-state index contributed by atoms with van der Waals surface area (Å²) in [6.45, 7) is 5.87. The second-order valence-electron chi connectivity index (χ2n) is 8.51. The predicted molar refractivity (Wildman–Crippen MR) is 117 cm³/mol. The second-order valence-corrected chi connectivity index (χ2v) is 8.51. The number of carbonyl (C=O) groups excluding carboxylic acids is 3. The maximum absolute atomic E-state index is 13.1. The zero-order valence-electron chi connectivity index (χ0n) is 19.6. The molecule has 0 aromatic heterocycles. The SMILES string of the molecule is CC[C@H](C[C@@]1(C)C[C@@H](CC)[C@@H](CC(=O)OC)OO1)C(=O)N[C@@H](C(=O)OC)c1ccccc1. The molecule has 0 unspecified atom stereocenters. The van der Waals surface area contributed by atoms with Crippen LogP contribution in [0.2, 0.25) is 0 Å². The third kappa shape index (κ3) is 6.77. The van der Waals surface area contributed by atoms with Crippen LogP contribution in [-0.2, 0) is 33.6 Å². The first-order chi connectivity index (χ1) is 15.3. The summed E-state index contributed by atoms with van der Waals surface area (Å²) < 4.78 is 9.64. The van der Waals surface area contributed by atoms with Crippen molar-refractivity contribution in [2.75, 3.05) is 14.2 Å². The molecule has 0 saturated carbocycles. The normalized spacial score (nSPS) is 24.8. The Morgan fingerprint density at radius 2 is 1.84 bits per heavy atom. The fourth-order valence-corrected chi connectivity index (χ4v) is 4.19. The zero-order valence-corrected chi connectivity index (χ0v) is 19.6. The number of ether oxygens (including phenoxy) is 2. The standard InChI is InChI=1S/C24H35NO7/c1-6-16-14-24(3,32-31-19(16)13-20(26)29-4)15-17(7-2)22(27)25-21(23(28)30-5)18-11-9-8-10-12-18/h8-12,16-17,19,21H,6-7,13-15H2,1-5H3,(H,25,27)/t16-,17-,19-,21-,24-/m1/s1. The molecule has 2 rings (SSSR count). The Kier molecular flexibility index (Phi) is 9.65. The molecular weight excluding hydrogens is 414 g/mol. The Morgan fingerprint density at radius 3 is 2.41 bits per heavy atom. The molecule has 1 heterocycles. The van der Waals surface area contributed by atoms with Gasteiger partial charge in [0, 0.05) is 5.92 Å². The molecule has 0 aliphatic carbocycles. The number of carbonyl (C=O) groups is 3. The van der Waals surface area contributed by atoms with E-state index in [1.54, 1.807) is 24.3 Å². The molecule has 1 amide bonds. The molecule has 1 fully saturated rings. The molecule has 178 valence electrons. The Labute approximate surface area is 189 Å². The van der Waals surface area contributed by atoms with Gasteiger partial charge < -0.3 is 14.8 Å². The lowest BCUT2D eigenvalue weighted by atomic mass is 9.79. The van der Waals surface area contributed by atoms with Gasteiger partial charge in [-0.1, -0.05) is 50.6 Å².